The van der Waals surface area contributed by atoms with Crippen LogP contribution in [0.5, 0.6) is 6.01 Å². The molecule has 0 unspecified atom stereocenters. The number of aliphatic hydroxyl groups is 1. The molecule has 11 heteroatoms. The second-order valence-electron chi connectivity index (χ2n) is 11.7. The Morgan fingerprint density at radius 1 is 1.12 bits per heavy atom. The van der Waals surface area contributed by atoms with Crippen LogP contribution in [0.4, 0.5) is 16.3 Å². The van der Waals surface area contributed by atoms with Gasteiger partial charge in [0.1, 0.15) is 12.4 Å². The van der Waals surface area contributed by atoms with Gasteiger partial charge >= 0.3 is 12.1 Å². The minimum Gasteiger partial charge on any atom is -0.465 e. The van der Waals surface area contributed by atoms with Gasteiger partial charge in [0, 0.05) is 42.3 Å². The lowest BCUT2D eigenvalue weighted by atomic mass is 10.0. The summed E-state index contributed by atoms with van der Waals surface area (Å²) in [5.41, 5.74) is 3.05. The van der Waals surface area contributed by atoms with Crippen LogP contribution in [0.2, 0.25) is 5.02 Å². The molecule has 3 saturated heterocycles. The Bertz CT molecular complexity index is 1480. The standard InChI is InChI=1S/C30H35ClN6O4/c1-34-11-4-7-19(34)17-41-29-32-23-15-35(24-9-3-6-18-5-2-8-22(31)27(18)24)12-10-21(23)28(33-29)36-14-20-13-26(38)25(16-36)37(20)30(39)40/h2-3,5-6,8-9,19-20,25-26,38H,4,7,10-17H2,1H3,(H,39,40)/t19-,20+,25+,26+/m0/s1. The van der Waals surface area contributed by atoms with Gasteiger partial charge in [0.05, 0.1) is 35.4 Å². The van der Waals surface area contributed by atoms with Gasteiger partial charge in [0.2, 0.25) is 0 Å². The lowest BCUT2D eigenvalue weighted by molar-refractivity contribution is 0.0866. The van der Waals surface area contributed by atoms with E-state index >= 15 is 0 Å². The number of carboxylic acid groups (broad SMARTS) is 1. The highest BCUT2D eigenvalue weighted by atomic mass is 35.5. The normalized spacial score (nSPS) is 26.1. The fraction of sp³-hybridized carbons (Fsp3) is 0.500. The minimum absolute atomic E-state index is 0.277. The monoisotopic (exact) mass is 578 g/mol. The Labute approximate surface area is 244 Å². The highest BCUT2D eigenvalue weighted by molar-refractivity contribution is 6.36. The van der Waals surface area contributed by atoms with Gasteiger partial charge in [0.25, 0.3) is 0 Å². The molecule has 1 amide bonds. The molecule has 3 fully saturated rings. The second-order valence-corrected chi connectivity index (χ2v) is 12.2. The summed E-state index contributed by atoms with van der Waals surface area (Å²) in [4.78, 5) is 30.0. The largest absolute Gasteiger partial charge is 0.465 e. The molecule has 1 aromatic heterocycles. The molecule has 216 valence electrons. The molecule has 2 aromatic carbocycles. The molecule has 4 aliphatic rings. The summed E-state index contributed by atoms with van der Waals surface area (Å²) in [5.74, 6) is 0.800. The van der Waals surface area contributed by atoms with E-state index in [1.807, 2.05) is 12.1 Å². The van der Waals surface area contributed by atoms with Crippen LogP contribution in [-0.2, 0) is 13.0 Å². The number of aliphatic hydroxyl groups excluding tert-OH is 1. The van der Waals surface area contributed by atoms with Gasteiger partial charge in [-0.15, -0.1) is 0 Å². The van der Waals surface area contributed by atoms with Gasteiger partial charge in [-0.3, -0.25) is 4.90 Å². The number of carbonyl (C=O) groups is 1. The van der Waals surface area contributed by atoms with Crippen molar-refractivity contribution in [3.63, 3.8) is 0 Å². The molecular formula is C30H35ClN6O4. The van der Waals surface area contributed by atoms with Crippen molar-refractivity contribution in [3.8, 4) is 6.01 Å². The molecule has 4 atom stereocenters. The maximum Gasteiger partial charge on any atom is 0.408 e. The predicted molar refractivity (Wildman–Crippen MR) is 157 cm³/mol. The summed E-state index contributed by atoms with van der Waals surface area (Å²) in [5, 5.41) is 23.3. The van der Waals surface area contributed by atoms with Crippen LogP contribution in [-0.4, -0.2) is 100 Å². The second kappa shape index (κ2) is 10.5. The summed E-state index contributed by atoms with van der Waals surface area (Å²) in [6, 6.07) is 12.2. The van der Waals surface area contributed by atoms with E-state index in [-0.39, 0.29) is 6.04 Å². The zero-order valence-electron chi connectivity index (χ0n) is 23.1. The van der Waals surface area contributed by atoms with Crippen molar-refractivity contribution in [3.05, 3.63) is 52.7 Å². The topological polar surface area (TPSA) is 106 Å². The van der Waals surface area contributed by atoms with Crippen LogP contribution in [0, 0.1) is 0 Å². The fourth-order valence-corrected chi connectivity index (χ4v) is 7.50. The number of ether oxygens (including phenoxy) is 1. The Kier molecular flexibility index (Phi) is 6.79. The molecule has 0 radical (unpaired) electrons. The molecule has 4 aliphatic heterocycles. The average molecular weight is 579 g/mol. The first-order chi connectivity index (χ1) is 19.9. The van der Waals surface area contributed by atoms with Crippen molar-refractivity contribution in [2.75, 3.05) is 49.6 Å². The highest BCUT2D eigenvalue weighted by Crippen LogP contribution is 2.39. The predicted octanol–water partition coefficient (Wildman–Crippen LogP) is 3.62. The number of benzene rings is 2. The molecular weight excluding hydrogens is 544 g/mol. The number of nitrogens with zero attached hydrogens (tertiary/aromatic N) is 6. The molecule has 5 heterocycles. The van der Waals surface area contributed by atoms with Crippen molar-refractivity contribution >= 4 is 40.0 Å². The number of piperazine rings is 1. The zero-order chi connectivity index (χ0) is 28.2. The number of hydrogen-bond donors (Lipinski definition) is 2. The molecule has 0 saturated carbocycles. The Morgan fingerprint density at radius 2 is 1.95 bits per heavy atom. The minimum atomic E-state index is -0.977. The first-order valence-electron chi connectivity index (χ1n) is 14.5. The molecule has 7 rings (SSSR count). The number of likely N-dealkylation sites (tertiary alicyclic amines) is 1. The summed E-state index contributed by atoms with van der Waals surface area (Å²) in [6.07, 6.45) is 1.75. The van der Waals surface area contributed by atoms with Crippen LogP contribution in [0.15, 0.2) is 36.4 Å². The quantitative estimate of drug-likeness (QED) is 0.469. The van der Waals surface area contributed by atoms with E-state index in [1.165, 1.54) is 4.90 Å². The van der Waals surface area contributed by atoms with E-state index in [0.29, 0.717) is 44.7 Å². The van der Waals surface area contributed by atoms with Crippen LogP contribution in [0.25, 0.3) is 10.8 Å². The van der Waals surface area contributed by atoms with E-state index < -0.39 is 18.2 Å². The number of likely N-dealkylation sites (N-methyl/N-ethyl adjacent to an activating group) is 1. The van der Waals surface area contributed by atoms with Crippen molar-refractivity contribution in [1.29, 1.82) is 0 Å². The fourth-order valence-electron chi connectivity index (χ4n) is 7.22. The molecule has 2 N–H and O–H groups in total. The molecule has 0 aliphatic carbocycles. The average Bonchev–Trinajstić information content (AvgIpc) is 3.47. The summed E-state index contributed by atoms with van der Waals surface area (Å²) in [6.45, 7) is 3.81. The van der Waals surface area contributed by atoms with Gasteiger partial charge in [0.15, 0.2) is 0 Å². The Morgan fingerprint density at radius 3 is 2.71 bits per heavy atom. The first-order valence-corrected chi connectivity index (χ1v) is 14.8. The van der Waals surface area contributed by atoms with Gasteiger partial charge in [-0.05, 0) is 56.8 Å². The third kappa shape index (κ3) is 4.71. The van der Waals surface area contributed by atoms with Crippen molar-refractivity contribution < 1.29 is 19.7 Å². The summed E-state index contributed by atoms with van der Waals surface area (Å²) >= 11 is 6.68. The van der Waals surface area contributed by atoms with Crippen LogP contribution >= 0.6 is 11.6 Å². The van der Waals surface area contributed by atoms with Crippen molar-refractivity contribution in [2.24, 2.45) is 0 Å². The van der Waals surface area contributed by atoms with Gasteiger partial charge < -0.3 is 29.6 Å². The van der Waals surface area contributed by atoms with E-state index in [2.05, 4.69) is 46.0 Å². The zero-order valence-corrected chi connectivity index (χ0v) is 23.9. The number of aromatic nitrogens is 2. The van der Waals surface area contributed by atoms with Gasteiger partial charge in [-0.1, -0.05) is 35.9 Å². The number of halogens is 1. The lowest BCUT2D eigenvalue weighted by Gasteiger charge is -2.41. The molecule has 0 spiro atoms. The molecule has 3 aromatic rings. The third-order valence-electron chi connectivity index (χ3n) is 9.34. The molecule has 10 nitrogen and oxygen atoms in total. The van der Waals surface area contributed by atoms with Crippen LogP contribution < -0.4 is 14.5 Å². The molecule has 41 heavy (non-hydrogen) atoms. The van der Waals surface area contributed by atoms with Crippen molar-refractivity contribution in [2.45, 2.75) is 56.5 Å². The third-order valence-corrected chi connectivity index (χ3v) is 9.65. The number of anilines is 2. The number of fused-ring (bicyclic) bond motifs is 4. The lowest BCUT2D eigenvalue weighted by Crippen LogP contribution is -2.57. The van der Waals surface area contributed by atoms with E-state index in [4.69, 9.17) is 26.3 Å². The number of hydrogen-bond acceptors (Lipinski definition) is 8. The SMILES string of the molecule is CN1CCC[C@H]1COc1nc2c(c(N3C[C@H]4C[C@@H](O)[C@@H](C3)N4C(=O)O)n1)CCN(c1cccc3cccc(Cl)c13)C2. The maximum atomic E-state index is 11.9. The summed E-state index contributed by atoms with van der Waals surface area (Å²) < 4.78 is 6.25. The maximum absolute atomic E-state index is 11.9. The van der Waals surface area contributed by atoms with E-state index in [9.17, 15) is 15.0 Å². The van der Waals surface area contributed by atoms with E-state index in [1.54, 1.807) is 0 Å². The Hall–Kier alpha value is -3.34. The number of amides is 1. The summed E-state index contributed by atoms with van der Waals surface area (Å²) in [7, 11) is 2.12. The van der Waals surface area contributed by atoms with Gasteiger partial charge in [-0.25, -0.2) is 4.79 Å². The molecule has 2 bridgehead atoms. The highest BCUT2D eigenvalue weighted by Gasteiger charge is 2.49. The van der Waals surface area contributed by atoms with Crippen LogP contribution in [0.3, 0.4) is 0 Å². The number of rotatable bonds is 5. The van der Waals surface area contributed by atoms with E-state index in [0.717, 1.165) is 70.9 Å². The Balaban J connectivity index is 1.23. The smallest absolute Gasteiger partial charge is 0.408 e. The first kappa shape index (κ1) is 26.6. The van der Waals surface area contributed by atoms with Crippen molar-refractivity contribution in [1.82, 2.24) is 19.8 Å². The van der Waals surface area contributed by atoms with Gasteiger partial charge in [-0.2, -0.15) is 9.97 Å². The van der Waals surface area contributed by atoms with Crippen LogP contribution in [0.1, 0.15) is 30.5 Å².